The summed E-state index contributed by atoms with van der Waals surface area (Å²) in [5.41, 5.74) is 6.98. The van der Waals surface area contributed by atoms with Crippen LogP contribution in [0.1, 0.15) is 42.3 Å². The number of rotatable bonds is 7. The number of aliphatic imine (C=N–C) groups is 1. The zero-order chi connectivity index (χ0) is 13.4. The molecule has 0 saturated heterocycles. The minimum absolute atomic E-state index is 0. The highest BCUT2D eigenvalue weighted by Crippen LogP contribution is 2.17. The number of hydrogen-bond donors (Lipinski definition) is 2. The average Bonchev–Trinajstić information content (AvgIpc) is 2.70. The standard InChI is InChI=1S/C13H24N4S.HI/c1-4-6-8-15-13(14)16-9-7-12-17-11(5-2)10(3)18-12;/h4-9H2,1-3H3,(H3,14,15,16);1H. The van der Waals surface area contributed by atoms with Crippen LogP contribution in [-0.2, 0) is 12.8 Å². The van der Waals surface area contributed by atoms with E-state index in [-0.39, 0.29) is 24.0 Å². The van der Waals surface area contributed by atoms with Crippen molar-refractivity contribution in [2.24, 2.45) is 10.7 Å². The minimum atomic E-state index is 0. The third-order valence-electron chi connectivity index (χ3n) is 2.71. The molecule has 6 heteroatoms. The van der Waals surface area contributed by atoms with Gasteiger partial charge in [0.05, 0.1) is 10.7 Å². The van der Waals surface area contributed by atoms with Gasteiger partial charge < -0.3 is 11.1 Å². The molecule has 1 aromatic heterocycles. The van der Waals surface area contributed by atoms with E-state index in [1.807, 2.05) is 0 Å². The number of aryl methyl sites for hydroxylation is 2. The lowest BCUT2D eigenvalue weighted by molar-refractivity contribution is 0.789. The Balaban J connectivity index is 0.00000324. The van der Waals surface area contributed by atoms with Gasteiger partial charge in [-0.15, -0.1) is 35.3 Å². The molecule has 0 aliphatic heterocycles. The summed E-state index contributed by atoms with van der Waals surface area (Å²) in [5, 5.41) is 4.31. The zero-order valence-electron chi connectivity index (χ0n) is 12.0. The Hall–Kier alpha value is -0.370. The highest BCUT2D eigenvalue weighted by molar-refractivity contribution is 14.0. The summed E-state index contributed by atoms with van der Waals surface area (Å²) in [4.78, 5) is 10.2. The average molecular weight is 396 g/mol. The van der Waals surface area contributed by atoms with Gasteiger partial charge in [-0.05, 0) is 19.8 Å². The van der Waals surface area contributed by atoms with Crippen LogP contribution in [0.25, 0.3) is 0 Å². The number of halogens is 1. The van der Waals surface area contributed by atoms with Gasteiger partial charge >= 0.3 is 0 Å². The third kappa shape index (κ3) is 7.10. The maximum atomic E-state index is 5.76. The number of nitrogens with zero attached hydrogens (tertiary/aromatic N) is 2. The SMILES string of the molecule is CCCCN=C(N)NCCc1nc(CC)c(C)s1.I. The van der Waals surface area contributed by atoms with E-state index in [0.29, 0.717) is 5.96 Å². The first kappa shape index (κ1) is 18.6. The topological polar surface area (TPSA) is 63.3 Å². The first-order valence-electron chi connectivity index (χ1n) is 6.66. The monoisotopic (exact) mass is 396 g/mol. The first-order valence-corrected chi connectivity index (χ1v) is 7.48. The summed E-state index contributed by atoms with van der Waals surface area (Å²) in [7, 11) is 0. The Morgan fingerprint density at radius 2 is 2.16 bits per heavy atom. The Morgan fingerprint density at radius 3 is 2.74 bits per heavy atom. The molecule has 0 radical (unpaired) electrons. The fourth-order valence-corrected chi connectivity index (χ4v) is 2.65. The molecule has 110 valence electrons. The molecule has 0 saturated carbocycles. The van der Waals surface area contributed by atoms with Crippen molar-refractivity contribution in [2.45, 2.75) is 46.5 Å². The number of guanidine groups is 1. The van der Waals surface area contributed by atoms with Crippen LogP contribution >= 0.6 is 35.3 Å². The van der Waals surface area contributed by atoms with Gasteiger partial charge in [-0.25, -0.2) is 4.98 Å². The minimum Gasteiger partial charge on any atom is -0.370 e. The maximum absolute atomic E-state index is 5.76. The van der Waals surface area contributed by atoms with Crippen molar-refractivity contribution < 1.29 is 0 Å². The lowest BCUT2D eigenvalue weighted by Gasteiger charge is -2.03. The second-order valence-electron chi connectivity index (χ2n) is 4.26. The Bertz CT molecular complexity index is 390. The third-order valence-corrected chi connectivity index (χ3v) is 3.78. The summed E-state index contributed by atoms with van der Waals surface area (Å²) in [6, 6.07) is 0. The van der Waals surface area contributed by atoms with Crippen LogP contribution in [0, 0.1) is 6.92 Å². The van der Waals surface area contributed by atoms with Crippen LogP contribution in [0.4, 0.5) is 0 Å². The van der Waals surface area contributed by atoms with Crippen LogP contribution in [0.15, 0.2) is 4.99 Å². The summed E-state index contributed by atoms with van der Waals surface area (Å²) < 4.78 is 0. The fourth-order valence-electron chi connectivity index (χ4n) is 1.63. The van der Waals surface area contributed by atoms with Gasteiger partial charge in [-0.2, -0.15) is 0 Å². The van der Waals surface area contributed by atoms with E-state index >= 15 is 0 Å². The van der Waals surface area contributed by atoms with E-state index in [2.05, 4.69) is 36.1 Å². The number of unbranched alkanes of at least 4 members (excludes halogenated alkanes) is 1. The van der Waals surface area contributed by atoms with Gasteiger partial charge in [0.25, 0.3) is 0 Å². The molecular weight excluding hydrogens is 371 g/mol. The van der Waals surface area contributed by atoms with Crippen LogP contribution in [-0.4, -0.2) is 24.0 Å². The smallest absolute Gasteiger partial charge is 0.188 e. The van der Waals surface area contributed by atoms with Crippen LogP contribution in [0.5, 0.6) is 0 Å². The zero-order valence-corrected chi connectivity index (χ0v) is 15.2. The number of nitrogens with one attached hydrogen (secondary N) is 1. The molecule has 0 aliphatic carbocycles. The molecule has 0 atom stereocenters. The predicted molar refractivity (Wildman–Crippen MR) is 94.7 cm³/mol. The summed E-state index contributed by atoms with van der Waals surface area (Å²) in [5.74, 6) is 0.549. The van der Waals surface area contributed by atoms with Crippen molar-refractivity contribution in [3.8, 4) is 0 Å². The molecule has 1 rings (SSSR count). The highest BCUT2D eigenvalue weighted by Gasteiger charge is 2.05. The van der Waals surface area contributed by atoms with Crippen LogP contribution in [0.2, 0.25) is 0 Å². The van der Waals surface area contributed by atoms with Gasteiger partial charge in [-0.3, -0.25) is 4.99 Å². The highest BCUT2D eigenvalue weighted by atomic mass is 127. The van der Waals surface area contributed by atoms with Crippen molar-refractivity contribution in [3.63, 3.8) is 0 Å². The number of aromatic nitrogens is 1. The molecule has 0 bridgehead atoms. The van der Waals surface area contributed by atoms with Crippen molar-refractivity contribution in [1.82, 2.24) is 10.3 Å². The van der Waals surface area contributed by atoms with Crippen LogP contribution in [0.3, 0.4) is 0 Å². The van der Waals surface area contributed by atoms with E-state index in [0.717, 1.165) is 38.8 Å². The van der Waals surface area contributed by atoms with Crippen LogP contribution < -0.4 is 11.1 Å². The molecule has 4 nitrogen and oxygen atoms in total. The Labute approximate surface area is 137 Å². The largest absolute Gasteiger partial charge is 0.370 e. The fraction of sp³-hybridized carbons (Fsp3) is 0.692. The van der Waals surface area contributed by atoms with Crippen molar-refractivity contribution in [1.29, 1.82) is 0 Å². The van der Waals surface area contributed by atoms with E-state index in [1.165, 1.54) is 15.6 Å². The molecule has 0 fully saturated rings. The van der Waals surface area contributed by atoms with E-state index in [9.17, 15) is 0 Å². The molecule has 19 heavy (non-hydrogen) atoms. The number of thiazole rings is 1. The first-order chi connectivity index (χ1) is 8.67. The van der Waals surface area contributed by atoms with Gasteiger partial charge in [0.15, 0.2) is 5.96 Å². The lowest BCUT2D eigenvalue weighted by Crippen LogP contribution is -2.33. The predicted octanol–water partition coefficient (Wildman–Crippen LogP) is 2.88. The molecule has 1 aromatic rings. The molecule has 3 N–H and O–H groups in total. The number of hydrogen-bond acceptors (Lipinski definition) is 3. The van der Waals surface area contributed by atoms with Crippen molar-refractivity contribution in [2.75, 3.05) is 13.1 Å². The van der Waals surface area contributed by atoms with Gasteiger partial charge in [0.1, 0.15) is 0 Å². The molecular formula is C13H25IN4S. The Morgan fingerprint density at radius 1 is 1.42 bits per heavy atom. The van der Waals surface area contributed by atoms with Gasteiger partial charge in [-0.1, -0.05) is 20.3 Å². The second kappa shape index (κ2) is 10.4. The quantitative estimate of drug-likeness (QED) is 0.323. The molecule has 0 aliphatic rings. The summed E-state index contributed by atoms with van der Waals surface area (Å²) >= 11 is 1.78. The molecule has 0 aromatic carbocycles. The number of nitrogens with two attached hydrogens (primary N) is 1. The molecule has 1 heterocycles. The Kier molecular flexibility index (Phi) is 10.2. The van der Waals surface area contributed by atoms with Crippen molar-refractivity contribution >= 4 is 41.3 Å². The molecule has 0 spiro atoms. The normalized spacial score (nSPS) is 11.2. The molecule has 0 unspecified atom stereocenters. The summed E-state index contributed by atoms with van der Waals surface area (Å²) in [6.07, 6.45) is 4.16. The van der Waals surface area contributed by atoms with E-state index in [1.54, 1.807) is 11.3 Å². The molecule has 0 amide bonds. The lowest BCUT2D eigenvalue weighted by atomic mass is 10.3. The van der Waals surface area contributed by atoms with Crippen molar-refractivity contribution in [3.05, 3.63) is 15.6 Å². The van der Waals surface area contributed by atoms with E-state index < -0.39 is 0 Å². The second-order valence-corrected chi connectivity index (χ2v) is 5.55. The van der Waals surface area contributed by atoms with E-state index in [4.69, 9.17) is 5.73 Å². The van der Waals surface area contributed by atoms with Gasteiger partial charge in [0, 0.05) is 24.4 Å². The summed E-state index contributed by atoms with van der Waals surface area (Å²) in [6.45, 7) is 8.04. The maximum Gasteiger partial charge on any atom is 0.188 e. The van der Waals surface area contributed by atoms with Gasteiger partial charge in [0.2, 0.25) is 0 Å².